The van der Waals surface area contributed by atoms with E-state index in [9.17, 15) is 0 Å². The molecule has 1 aliphatic rings. The summed E-state index contributed by atoms with van der Waals surface area (Å²) in [6.07, 6.45) is 6.60. The topological polar surface area (TPSA) is 14.7 Å². The average molecular weight is 1020 g/mol. The van der Waals surface area contributed by atoms with Gasteiger partial charge >= 0.3 is 0 Å². The maximum atomic E-state index is 2.49. The number of hydrogen-bond donors (Lipinski definition) is 0. The Morgan fingerprint density at radius 3 is 1.25 bits per heavy atom. The molecule has 13 rings (SSSR count). The summed E-state index contributed by atoms with van der Waals surface area (Å²) in [5, 5.41) is 2.52. The second-order valence-corrected chi connectivity index (χ2v) is 19.7. The van der Waals surface area contributed by atoms with Crippen molar-refractivity contribution in [1.82, 2.24) is 4.57 Å². The van der Waals surface area contributed by atoms with Crippen molar-refractivity contribution < 1.29 is 0 Å². The largest absolute Gasteiger partial charge is 0.344 e. The van der Waals surface area contributed by atoms with Gasteiger partial charge in [-0.1, -0.05) is 208 Å². The van der Waals surface area contributed by atoms with Crippen LogP contribution in [0.15, 0.2) is 297 Å². The lowest BCUT2D eigenvalue weighted by atomic mass is 9.96. The van der Waals surface area contributed by atoms with Gasteiger partial charge in [0.15, 0.2) is 0 Å². The molecule has 382 valence electrons. The zero-order chi connectivity index (χ0) is 53.5. The quantitative estimate of drug-likeness (QED) is 0.114. The highest BCUT2D eigenvalue weighted by Gasteiger charge is 2.21. The summed E-state index contributed by atoms with van der Waals surface area (Å²) in [4.78, 5) is 6.99. The first-order valence-corrected chi connectivity index (χ1v) is 27.6. The molecular weight excluding hydrogens is 957 g/mol. The number of para-hydroxylation sites is 4. The van der Waals surface area contributed by atoms with Crippen LogP contribution >= 0.6 is 0 Å². The molecule has 0 bridgehead atoms. The Bertz CT molecular complexity index is 4050. The molecule has 1 heterocycles. The summed E-state index contributed by atoms with van der Waals surface area (Å²) >= 11 is 0. The van der Waals surface area contributed by atoms with Gasteiger partial charge in [-0.3, -0.25) is 0 Å². The van der Waals surface area contributed by atoms with E-state index in [1.54, 1.807) is 0 Å². The molecule has 79 heavy (non-hydrogen) atoms. The molecule has 0 spiro atoms. The van der Waals surface area contributed by atoms with Crippen molar-refractivity contribution in [2.24, 2.45) is 0 Å². The molecule has 4 nitrogen and oxygen atoms in total. The Morgan fingerprint density at radius 1 is 0.304 bits per heavy atom. The predicted molar refractivity (Wildman–Crippen MR) is 339 cm³/mol. The maximum Gasteiger partial charge on any atom is 0.0558 e. The minimum absolute atomic E-state index is 0.960. The first-order chi connectivity index (χ1) is 39.1. The molecule has 0 fully saturated rings. The number of rotatable bonds is 13. The van der Waals surface area contributed by atoms with Gasteiger partial charge in [-0.15, -0.1) is 0 Å². The van der Waals surface area contributed by atoms with Crippen molar-refractivity contribution in [3.63, 3.8) is 0 Å². The van der Waals surface area contributed by atoms with Crippen LogP contribution in [0, 0.1) is 0 Å². The smallest absolute Gasteiger partial charge is 0.0558 e. The van der Waals surface area contributed by atoms with E-state index in [2.05, 4.69) is 324 Å². The zero-order valence-corrected chi connectivity index (χ0v) is 45.0. The van der Waals surface area contributed by atoms with Crippen molar-refractivity contribution >= 4 is 78.6 Å². The zero-order valence-electron chi connectivity index (χ0n) is 45.0. The fourth-order valence-corrected chi connectivity index (χ4v) is 11.2. The van der Waals surface area contributed by atoms with Gasteiger partial charge in [0.05, 0.1) is 11.0 Å². The van der Waals surface area contributed by atoms with E-state index in [0.29, 0.717) is 0 Å². The van der Waals surface area contributed by atoms with E-state index >= 15 is 0 Å². The molecule has 12 aromatic rings. The van der Waals surface area contributed by atoms with Crippen LogP contribution in [0.1, 0.15) is 32.3 Å². The van der Waals surface area contributed by atoms with Crippen molar-refractivity contribution in [2.45, 2.75) is 26.7 Å². The maximum absolute atomic E-state index is 2.49. The van der Waals surface area contributed by atoms with Gasteiger partial charge in [-0.2, -0.15) is 0 Å². The average Bonchev–Trinajstić information content (AvgIpc) is 4.14. The van der Waals surface area contributed by atoms with E-state index in [-0.39, 0.29) is 0 Å². The molecule has 0 amide bonds. The van der Waals surface area contributed by atoms with E-state index in [4.69, 9.17) is 0 Å². The molecule has 0 N–H and O–H groups in total. The third-order valence-corrected chi connectivity index (χ3v) is 15.2. The Morgan fingerprint density at radius 2 is 0.709 bits per heavy atom. The SMILES string of the molecule is CC.CN(c1ccc(-c2ccccc2)cc1)c1ccccc1-c1ccc(N(c2ccccc2)c2ccc(-c3ccc(N(c4ccccc4)c4ccc5c6ccccc6n(C6=CC=C(c7ccccc7)CC6)c5c4)cc3)cc2)cc1. The molecular formula is C75H62N4. The van der Waals surface area contributed by atoms with E-state index < -0.39 is 0 Å². The van der Waals surface area contributed by atoms with Gasteiger partial charge in [-0.25, -0.2) is 0 Å². The molecule has 0 unspecified atom stereocenters. The van der Waals surface area contributed by atoms with Crippen LogP contribution in [-0.4, -0.2) is 11.6 Å². The monoisotopic (exact) mass is 1020 g/mol. The van der Waals surface area contributed by atoms with Crippen molar-refractivity contribution in [1.29, 1.82) is 0 Å². The molecule has 0 aliphatic heterocycles. The highest BCUT2D eigenvalue weighted by molar-refractivity contribution is 6.11. The molecule has 11 aromatic carbocycles. The summed E-state index contributed by atoms with van der Waals surface area (Å²) < 4.78 is 2.49. The molecule has 0 radical (unpaired) electrons. The number of nitrogens with zero attached hydrogens (tertiary/aromatic N) is 4. The van der Waals surface area contributed by atoms with Crippen LogP contribution in [0.2, 0.25) is 0 Å². The van der Waals surface area contributed by atoms with E-state index in [1.807, 2.05) is 13.8 Å². The second-order valence-electron chi connectivity index (χ2n) is 19.7. The van der Waals surface area contributed by atoms with Crippen molar-refractivity contribution in [2.75, 3.05) is 21.7 Å². The van der Waals surface area contributed by atoms with Gasteiger partial charge < -0.3 is 19.3 Å². The van der Waals surface area contributed by atoms with Crippen LogP contribution in [-0.2, 0) is 0 Å². The van der Waals surface area contributed by atoms with Gasteiger partial charge in [0.1, 0.15) is 0 Å². The van der Waals surface area contributed by atoms with Crippen LogP contribution in [0.25, 0.3) is 66.5 Å². The number of anilines is 8. The molecule has 1 aliphatic carbocycles. The minimum atomic E-state index is 0.960. The third kappa shape index (κ3) is 10.2. The Hall–Kier alpha value is -9.90. The summed E-state index contributed by atoms with van der Waals surface area (Å²) in [5.74, 6) is 0. The number of benzene rings is 11. The number of hydrogen-bond acceptors (Lipinski definition) is 3. The highest BCUT2D eigenvalue weighted by Crippen LogP contribution is 2.43. The standard InChI is InChI=1S/C73H56N4.C2H6/c1-74(60-40-30-55(31-41-60)53-18-6-2-7-19-53)71-28-16-14-26-68(71)59-38-48-64(49-39-59)75(61-22-10-4-11-23-61)63-42-32-57(33-43-63)58-34-44-65(45-35-58)76(62-24-12-5-13-25-62)67-50-51-70-69-27-15-17-29-72(69)77(73(70)52-67)66-46-36-56(37-47-66)54-20-8-3-9-21-54;1-2/h2-36,38-46,48-52H,37,47H2,1H3;1-2H3. The predicted octanol–water partition coefficient (Wildman–Crippen LogP) is 21.2. The van der Waals surface area contributed by atoms with Crippen LogP contribution in [0.5, 0.6) is 0 Å². The summed E-state index contributed by atoms with van der Waals surface area (Å²) in [6.45, 7) is 4.00. The first-order valence-electron chi connectivity index (χ1n) is 27.6. The normalized spacial score (nSPS) is 12.0. The molecule has 1 aromatic heterocycles. The molecule has 4 heteroatoms. The lowest BCUT2D eigenvalue weighted by Gasteiger charge is -2.27. The van der Waals surface area contributed by atoms with Crippen LogP contribution < -0.4 is 14.7 Å². The number of aromatic nitrogens is 1. The van der Waals surface area contributed by atoms with Gasteiger partial charge in [0.25, 0.3) is 0 Å². The summed E-state index contributed by atoms with van der Waals surface area (Å²) in [7, 11) is 2.15. The van der Waals surface area contributed by atoms with E-state index in [1.165, 1.54) is 55.3 Å². The van der Waals surface area contributed by atoms with Crippen LogP contribution in [0.3, 0.4) is 0 Å². The van der Waals surface area contributed by atoms with Crippen LogP contribution in [0.4, 0.5) is 45.5 Å². The lowest BCUT2D eigenvalue weighted by Crippen LogP contribution is -2.11. The van der Waals surface area contributed by atoms with Gasteiger partial charge in [0.2, 0.25) is 0 Å². The Kier molecular flexibility index (Phi) is 14.4. The third-order valence-electron chi connectivity index (χ3n) is 15.2. The molecule has 0 saturated heterocycles. The second kappa shape index (κ2) is 22.7. The van der Waals surface area contributed by atoms with Crippen molar-refractivity contribution in [3.05, 3.63) is 303 Å². The summed E-state index contributed by atoms with van der Waals surface area (Å²) in [6, 6.07) is 103. The molecule has 0 saturated carbocycles. The van der Waals surface area contributed by atoms with Gasteiger partial charge in [-0.05, 0) is 155 Å². The number of allylic oxidation sites excluding steroid dienone is 4. The Labute approximate surface area is 465 Å². The van der Waals surface area contributed by atoms with Gasteiger partial charge in [0, 0.05) is 74.6 Å². The fourth-order valence-electron chi connectivity index (χ4n) is 11.2. The Balaban J connectivity index is 0.00000308. The van der Waals surface area contributed by atoms with Crippen molar-refractivity contribution in [3.8, 4) is 33.4 Å². The minimum Gasteiger partial charge on any atom is -0.344 e. The fraction of sp³-hybridized carbons (Fsp3) is 0.0667. The number of fused-ring (bicyclic) bond motifs is 3. The first kappa shape index (κ1) is 49.9. The summed E-state index contributed by atoms with van der Waals surface area (Å²) in [5.41, 5.74) is 22.4. The highest BCUT2D eigenvalue weighted by atomic mass is 15.2. The van der Waals surface area contributed by atoms with E-state index in [0.717, 1.165) is 75.0 Å². The lowest BCUT2D eigenvalue weighted by molar-refractivity contribution is 0.992. The molecule has 0 atom stereocenters.